The van der Waals surface area contributed by atoms with Gasteiger partial charge in [0.15, 0.2) is 5.65 Å². The molecule has 23 heavy (non-hydrogen) atoms. The van der Waals surface area contributed by atoms with Crippen LogP contribution in [0.5, 0.6) is 0 Å². The molecule has 0 atom stereocenters. The number of hydrogen-bond donors (Lipinski definition) is 0. The second-order valence-corrected chi connectivity index (χ2v) is 6.46. The summed E-state index contributed by atoms with van der Waals surface area (Å²) in [6.45, 7) is 0. The van der Waals surface area contributed by atoms with Crippen molar-refractivity contribution in [2.75, 3.05) is 0 Å². The van der Waals surface area contributed by atoms with E-state index in [1.807, 2.05) is 24.3 Å². The predicted molar refractivity (Wildman–Crippen MR) is 97.2 cm³/mol. The van der Waals surface area contributed by atoms with Crippen LogP contribution >= 0.6 is 15.9 Å². The van der Waals surface area contributed by atoms with Gasteiger partial charge in [0.25, 0.3) is 0 Å². The molecule has 0 aliphatic rings. The van der Waals surface area contributed by atoms with Crippen molar-refractivity contribution in [3.8, 4) is 5.69 Å². The molecule has 3 nitrogen and oxygen atoms in total. The van der Waals surface area contributed by atoms with Gasteiger partial charge in [-0.2, -0.15) is 0 Å². The van der Waals surface area contributed by atoms with E-state index in [2.05, 4.69) is 73.6 Å². The number of nitrogens with zero attached hydrogens (tertiary/aromatic N) is 3. The molecule has 0 fully saturated rings. The van der Waals surface area contributed by atoms with Crippen molar-refractivity contribution in [2.24, 2.45) is 0 Å². The van der Waals surface area contributed by atoms with E-state index in [9.17, 15) is 0 Å². The number of benzene rings is 2. The van der Waals surface area contributed by atoms with E-state index in [1.165, 1.54) is 0 Å². The first kappa shape index (κ1) is 12.9. The largest absolute Gasteiger partial charge is 0.294 e. The molecule has 4 heteroatoms. The van der Waals surface area contributed by atoms with Gasteiger partial charge in [0, 0.05) is 21.7 Å². The van der Waals surface area contributed by atoms with Crippen molar-refractivity contribution in [2.45, 2.75) is 0 Å². The Hall–Kier alpha value is -2.59. The standard InChI is InChI=1S/C19H12BrN3/c20-13-9-10-15-16(12-13)23(14-6-2-1-3-7-14)19-18(15)21-17-8-4-5-11-22(17)19/h1-12H. The third-order valence-corrected chi connectivity index (χ3v) is 4.68. The molecule has 110 valence electrons. The third-order valence-electron chi connectivity index (χ3n) is 4.19. The van der Waals surface area contributed by atoms with Crippen molar-refractivity contribution < 1.29 is 0 Å². The van der Waals surface area contributed by atoms with Crippen molar-refractivity contribution in [3.05, 3.63) is 77.4 Å². The lowest BCUT2D eigenvalue weighted by Crippen LogP contribution is -1.96. The van der Waals surface area contributed by atoms with Crippen molar-refractivity contribution >= 4 is 43.6 Å². The molecule has 0 aliphatic carbocycles. The third kappa shape index (κ3) is 1.79. The lowest BCUT2D eigenvalue weighted by Gasteiger charge is -2.08. The summed E-state index contributed by atoms with van der Waals surface area (Å²) in [6, 6.07) is 22.9. The first-order valence-electron chi connectivity index (χ1n) is 7.45. The van der Waals surface area contributed by atoms with E-state index in [0.717, 1.165) is 37.9 Å². The van der Waals surface area contributed by atoms with Gasteiger partial charge in [-0.15, -0.1) is 0 Å². The van der Waals surface area contributed by atoms with E-state index in [4.69, 9.17) is 4.98 Å². The van der Waals surface area contributed by atoms with E-state index in [-0.39, 0.29) is 0 Å². The second-order valence-electron chi connectivity index (χ2n) is 5.55. The summed E-state index contributed by atoms with van der Waals surface area (Å²) in [7, 11) is 0. The molecule has 0 spiro atoms. The number of rotatable bonds is 1. The first-order valence-corrected chi connectivity index (χ1v) is 8.24. The van der Waals surface area contributed by atoms with Crippen molar-refractivity contribution in [1.29, 1.82) is 0 Å². The molecule has 3 heterocycles. The van der Waals surface area contributed by atoms with Crippen LogP contribution in [0.1, 0.15) is 0 Å². The van der Waals surface area contributed by atoms with Crippen LogP contribution in [0.4, 0.5) is 0 Å². The number of para-hydroxylation sites is 1. The highest BCUT2D eigenvalue weighted by Gasteiger charge is 2.17. The normalized spacial score (nSPS) is 11.7. The highest BCUT2D eigenvalue weighted by molar-refractivity contribution is 9.10. The number of pyridine rings is 1. The minimum atomic E-state index is 0.965. The van der Waals surface area contributed by atoms with Gasteiger partial charge in [0.1, 0.15) is 11.2 Å². The Balaban J connectivity index is 2.08. The van der Waals surface area contributed by atoms with Gasteiger partial charge in [0.2, 0.25) is 0 Å². The maximum Gasteiger partial charge on any atom is 0.150 e. The van der Waals surface area contributed by atoms with Gasteiger partial charge in [-0.25, -0.2) is 4.98 Å². The molecular weight excluding hydrogens is 350 g/mol. The fourth-order valence-electron chi connectivity index (χ4n) is 3.22. The summed E-state index contributed by atoms with van der Waals surface area (Å²) >= 11 is 3.59. The Labute approximate surface area is 140 Å². The summed E-state index contributed by atoms with van der Waals surface area (Å²) in [5.41, 5.74) is 5.38. The molecule has 0 radical (unpaired) electrons. The number of halogens is 1. The van der Waals surface area contributed by atoms with E-state index in [0.29, 0.717) is 0 Å². The second kappa shape index (κ2) is 4.70. The fraction of sp³-hybridized carbons (Fsp3) is 0. The molecule has 5 rings (SSSR count). The molecule has 0 bridgehead atoms. The van der Waals surface area contributed by atoms with Crippen LogP contribution in [0.25, 0.3) is 33.4 Å². The maximum absolute atomic E-state index is 4.85. The van der Waals surface area contributed by atoms with Crippen LogP contribution in [0.15, 0.2) is 77.4 Å². The van der Waals surface area contributed by atoms with Crippen LogP contribution < -0.4 is 0 Å². The molecule has 0 aliphatic heterocycles. The van der Waals surface area contributed by atoms with Crippen molar-refractivity contribution in [1.82, 2.24) is 14.0 Å². The average Bonchev–Trinajstić information content (AvgIpc) is 3.09. The Morgan fingerprint density at radius 1 is 0.870 bits per heavy atom. The van der Waals surface area contributed by atoms with Gasteiger partial charge in [-0.05, 0) is 42.5 Å². The highest BCUT2D eigenvalue weighted by Crippen LogP contribution is 2.33. The first-order chi connectivity index (χ1) is 11.3. The zero-order valence-corrected chi connectivity index (χ0v) is 13.7. The maximum atomic E-state index is 4.85. The molecule has 0 saturated heterocycles. The quantitative estimate of drug-likeness (QED) is 0.402. The molecule has 0 N–H and O–H groups in total. The Morgan fingerprint density at radius 2 is 1.70 bits per heavy atom. The Morgan fingerprint density at radius 3 is 2.57 bits per heavy atom. The Bertz CT molecular complexity index is 1170. The highest BCUT2D eigenvalue weighted by atomic mass is 79.9. The fourth-order valence-corrected chi connectivity index (χ4v) is 3.57. The molecule has 3 aromatic heterocycles. The van der Waals surface area contributed by atoms with Crippen LogP contribution in [-0.4, -0.2) is 14.0 Å². The lowest BCUT2D eigenvalue weighted by atomic mass is 10.2. The predicted octanol–water partition coefficient (Wildman–Crippen LogP) is 5.19. The molecule has 0 saturated carbocycles. The van der Waals surface area contributed by atoms with Gasteiger partial charge in [-0.3, -0.25) is 8.97 Å². The molecule has 0 unspecified atom stereocenters. The SMILES string of the molecule is Brc1ccc2c3nc4ccccn4c3n(-c3ccccc3)c2c1. The van der Waals surface area contributed by atoms with Crippen LogP contribution in [0, 0.1) is 0 Å². The van der Waals surface area contributed by atoms with E-state index >= 15 is 0 Å². The number of hydrogen-bond acceptors (Lipinski definition) is 1. The van der Waals surface area contributed by atoms with E-state index in [1.54, 1.807) is 0 Å². The number of fused-ring (bicyclic) bond motifs is 5. The summed E-state index contributed by atoms with van der Waals surface area (Å²) in [4.78, 5) is 4.85. The topological polar surface area (TPSA) is 22.2 Å². The Kier molecular flexibility index (Phi) is 2.64. The minimum Gasteiger partial charge on any atom is -0.294 e. The van der Waals surface area contributed by atoms with Crippen LogP contribution in [0.3, 0.4) is 0 Å². The molecule has 0 amide bonds. The summed E-state index contributed by atoms with van der Waals surface area (Å²) in [6.07, 6.45) is 2.07. The molecule has 2 aromatic carbocycles. The summed E-state index contributed by atoms with van der Waals surface area (Å²) < 4.78 is 5.49. The van der Waals surface area contributed by atoms with Gasteiger partial charge in [0.05, 0.1) is 5.52 Å². The molecular formula is C19H12BrN3. The lowest BCUT2D eigenvalue weighted by molar-refractivity contribution is 1.09. The zero-order valence-electron chi connectivity index (χ0n) is 12.1. The van der Waals surface area contributed by atoms with Gasteiger partial charge in [-0.1, -0.05) is 40.2 Å². The average molecular weight is 362 g/mol. The molecule has 5 aromatic rings. The summed E-state index contributed by atoms with van der Waals surface area (Å²) in [5.74, 6) is 0. The van der Waals surface area contributed by atoms with Gasteiger partial charge >= 0.3 is 0 Å². The zero-order chi connectivity index (χ0) is 15.4. The van der Waals surface area contributed by atoms with Crippen molar-refractivity contribution in [3.63, 3.8) is 0 Å². The van der Waals surface area contributed by atoms with Gasteiger partial charge < -0.3 is 0 Å². The number of imidazole rings is 1. The minimum absolute atomic E-state index is 0.965. The monoisotopic (exact) mass is 361 g/mol. The number of aromatic nitrogens is 3. The summed E-state index contributed by atoms with van der Waals surface area (Å²) in [5, 5.41) is 1.16. The van der Waals surface area contributed by atoms with Crippen LogP contribution in [0.2, 0.25) is 0 Å². The van der Waals surface area contributed by atoms with Crippen LogP contribution in [-0.2, 0) is 0 Å². The smallest absolute Gasteiger partial charge is 0.150 e. The van der Waals surface area contributed by atoms with E-state index < -0.39 is 0 Å².